The molecule has 0 unspecified atom stereocenters. The molecule has 1 aromatic heterocycles. The highest BCUT2D eigenvalue weighted by atomic mass is 16.5. The number of ether oxygens (including phenoxy) is 1. The van der Waals surface area contributed by atoms with Gasteiger partial charge in [-0.3, -0.25) is 4.98 Å². The molecular weight excluding hydrogens is 200 g/mol. The Morgan fingerprint density at radius 3 is 2.81 bits per heavy atom. The predicted molar refractivity (Wildman–Crippen MR) is 66.8 cm³/mol. The van der Waals surface area contributed by atoms with Crippen molar-refractivity contribution in [1.82, 2.24) is 10.3 Å². The second-order valence-corrected chi connectivity index (χ2v) is 4.82. The Bertz CT molecular complexity index is 323. The number of aromatic nitrogens is 1. The number of nitrogens with one attached hydrogen (secondary N) is 1. The molecule has 3 heteroatoms. The minimum absolute atomic E-state index is 0.137. The summed E-state index contributed by atoms with van der Waals surface area (Å²) in [4.78, 5) is 4.20. The number of hydrogen-bond donors (Lipinski definition) is 1. The van der Waals surface area contributed by atoms with Gasteiger partial charge in [0.15, 0.2) is 0 Å². The summed E-state index contributed by atoms with van der Waals surface area (Å²) in [5, 5.41) is 3.34. The molecule has 0 bridgehead atoms. The van der Waals surface area contributed by atoms with Gasteiger partial charge in [-0.15, -0.1) is 0 Å². The van der Waals surface area contributed by atoms with E-state index in [-0.39, 0.29) is 5.41 Å². The van der Waals surface area contributed by atoms with Gasteiger partial charge < -0.3 is 10.1 Å². The smallest absolute Gasteiger partial charge is 0.140 e. The molecule has 0 saturated carbocycles. The minimum Gasteiger partial charge on any atom is -0.491 e. The molecule has 0 aliphatic rings. The zero-order chi connectivity index (χ0) is 12.0. The van der Waals surface area contributed by atoms with Gasteiger partial charge >= 0.3 is 0 Å². The van der Waals surface area contributed by atoms with Crippen molar-refractivity contribution in [3.05, 3.63) is 24.0 Å². The first kappa shape index (κ1) is 13.0. The van der Waals surface area contributed by atoms with E-state index in [1.165, 1.54) is 0 Å². The lowest BCUT2D eigenvalue weighted by Gasteiger charge is -2.25. The number of aryl methyl sites for hydroxylation is 1. The Kier molecular flexibility index (Phi) is 4.74. The second-order valence-electron chi connectivity index (χ2n) is 4.82. The molecule has 0 aliphatic carbocycles. The van der Waals surface area contributed by atoms with Gasteiger partial charge in [0.1, 0.15) is 5.75 Å². The summed E-state index contributed by atoms with van der Waals surface area (Å²) < 4.78 is 5.80. The maximum atomic E-state index is 5.80. The third kappa shape index (κ3) is 4.19. The van der Waals surface area contributed by atoms with Crippen LogP contribution >= 0.6 is 0 Å². The zero-order valence-corrected chi connectivity index (χ0v) is 10.7. The zero-order valence-electron chi connectivity index (χ0n) is 10.7. The minimum atomic E-state index is 0.137. The Hall–Kier alpha value is -1.09. The van der Waals surface area contributed by atoms with Crippen molar-refractivity contribution >= 4 is 0 Å². The Labute approximate surface area is 98.2 Å². The highest BCUT2D eigenvalue weighted by Crippen LogP contribution is 2.19. The monoisotopic (exact) mass is 222 g/mol. The molecule has 0 saturated heterocycles. The Balaban J connectivity index is 2.47. The summed E-state index contributed by atoms with van der Waals surface area (Å²) in [7, 11) is 0. The van der Waals surface area contributed by atoms with Gasteiger partial charge in [-0.25, -0.2) is 0 Å². The molecule has 1 aromatic rings. The van der Waals surface area contributed by atoms with Crippen LogP contribution < -0.4 is 10.1 Å². The van der Waals surface area contributed by atoms with Gasteiger partial charge in [-0.05, 0) is 25.6 Å². The van der Waals surface area contributed by atoms with Crippen molar-refractivity contribution in [3.63, 3.8) is 0 Å². The van der Waals surface area contributed by atoms with Crippen LogP contribution in [0.5, 0.6) is 5.75 Å². The van der Waals surface area contributed by atoms with E-state index < -0.39 is 0 Å². The molecule has 3 nitrogen and oxygen atoms in total. The number of rotatable bonds is 6. The lowest BCUT2D eigenvalue weighted by Crippen LogP contribution is -2.34. The van der Waals surface area contributed by atoms with Gasteiger partial charge in [0.25, 0.3) is 0 Å². The summed E-state index contributed by atoms with van der Waals surface area (Å²) in [6, 6.07) is 3.87. The van der Waals surface area contributed by atoms with Crippen LogP contribution in [0.4, 0.5) is 0 Å². The van der Waals surface area contributed by atoms with Crippen molar-refractivity contribution in [2.75, 3.05) is 19.7 Å². The molecule has 0 fully saturated rings. The standard InChI is InChI=1S/C13H22N2O/c1-5-14-9-13(3,4)10-16-12-7-6-8-15-11(12)2/h6-8,14H,5,9-10H2,1-4H3. The van der Waals surface area contributed by atoms with E-state index in [0.717, 1.165) is 24.5 Å². The average Bonchev–Trinajstić information content (AvgIpc) is 2.26. The summed E-state index contributed by atoms with van der Waals surface area (Å²) in [6.45, 7) is 11.1. The van der Waals surface area contributed by atoms with Crippen molar-refractivity contribution in [2.45, 2.75) is 27.7 Å². The quantitative estimate of drug-likeness (QED) is 0.802. The third-order valence-corrected chi connectivity index (χ3v) is 2.43. The summed E-state index contributed by atoms with van der Waals surface area (Å²) >= 11 is 0. The topological polar surface area (TPSA) is 34.1 Å². The normalized spacial score (nSPS) is 11.5. The average molecular weight is 222 g/mol. The van der Waals surface area contributed by atoms with Gasteiger partial charge in [0.2, 0.25) is 0 Å². The Morgan fingerprint density at radius 1 is 1.44 bits per heavy atom. The summed E-state index contributed by atoms with van der Waals surface area (Å²) in [5.74, 6) is 0.882. The van der Waals surface area contributed by atoms with Gasteiger partial charge in [0.05, 0.1) is 12.3 Å². The SMILES string of the molecule is CCNCC(C)(C)COc1cccnc1C. The van der Waals surface area contributed by atoms with Crippen LogP contribution in [0.2, 0.25) is 0 Å². The van der Waals surface area contributed by atoms with E-state index in [9.17, 15) is 0 Å². The molecule has 0 atom stereocenters. The third-order valence-electron chi connectivity index (χ3n) is 2.43. The molecule has 1 heterocycles. The van der Waals surface area contributed by atoms with E-state index in [2.05, 4.69) is 31.1 Å². The molecule has 0 spiro atoms. The van der Waals surface area contributed by atoms with Crippen LogP contribution in [0.3, 0.4) is 0 Å². The predicted octanol–water partition coefficient (Wildman–Crippen LogP) is 2.40. The molecule has 0 amide bonds. The molecule has 90 valence electrons. The lowest BCUT2D eigenvalue weighted by molar-refractivity contribution is 0.176. The van der Waals surface area contributed by atoms with Gasteiger partial charge in [0, 0.05) is 18.2 Å². The molecule has 1 rings (SSSR count). The molecule has 1 N–H and O–H groups in total. The van der Waals surface area contributed by atoms with Crippen LogP contribution in [-0.2, 0) is 0 Å². The number of hydrogen-bond acceptors (Lipinski definition) is 3. The van der Waals surface area contributed by atoms with Gasteiger partial charge in [-0.1, -0.05) is 20.8 Å². The summed E-state index contributed by atoms with van der Waals surface area (Å²) in [5.41, 5.74) is 1.08. The number of pyridine rings is 1. The maximum absolute atomic E-state index is 5.80. The van der Waals surface area contributed by atoms with Crippen molar-refractivity contribution in [3.8, 4) is 5.75 Å². The van der Waals surface area contributed by atoms with E-state index in [0.29, 0.717) is 6.61 Å². The van der Waals surface area contributed by atoms with Crippen LogP contribution in [0.15, 0.2) is 18.3 Å². The van der Waals surface area contributed by atoms with Crippen molar-refractivity contribution < 1.29 is 4.74 Å². The number of nitrogens with zero attached hydrogens (tertiary/aromatic N) is 1. The molecule has 16 heavy (non-hydrogen) atoms. The van der Waals surface area contributed by atoms with E-state index in [4.69, 9.17) is 4.74 Å². The Morgan fingerprint density at radius 2 is 2.19 bits per heavy atom. The van der Waals surface area contributed by atoms with Crippen LogP contribution in [0.1, 0.15) is 26.5 Å². The fraction of sp³-hybridized carbons (Fsp3) is 0.615. The van der Waals surface area contributed by atoms with Crippen molar-refractivity contribution in [2.24, 2.45) is 5.41 Å². The fourth-order valence-electron chi connectivity index (χ4n) is 1.41. The van der Waals surface area contributed by atoms with Crippen LogP contribution in [0, 0.1) is 12.3 Å². The first-order chi connectivity index (χ1) is 7.55. The first-order valence-electron chi connectivity index (χ1n) is 5.80. The largest absolute Gasteiger partial charge is 0.491 e. The molecule has 0 radical (unpaired) electrons. The first-order valence-corrected chi connectivity index (χ1v) is 5.80. The molecule has 0 aromatic carbocycles. The van der Waals surface area contributed by atoms with E-state index in [1.54, 1.807) is 6.20 Å². The second kappa shape index (κ2) is 5.85. The lowest BCUT2D eigenvalue weighted by atomic mass is 9.95. The fourth-order valence-corrected chi connectivity index (χ4v) is 1.41. The van der Waals surface area contributed by atoms with E-state index >= 15 is 0 Å². The van der Waals surface area contributed by atoms with Gasteiger partial charge in [-0.2, -0.15) is 0 Å². The van der Waals surface area contributed by atoms with Crippen molar-refractivity contribution in [1.29, 1.82) is 0 Å². The summed E-state index contributed by atoms with van der Waals surface area (Å²) in [6.07, 6.45) is 1.78. The molecule has 0 aliphatic heterocycles. The maximum Gasteiger partial charge on any atom is 0.140 e. The van der Waals surface area contributed by atoms with E-state index in [1.807, 2.05) is 19.1 Å². The molecular formula is C13H22N2O. The highest BCUT2D eigenvalue weighted by Gasteiger charge is 2.18. The van der Waals surface area contributed by atoms with Crippen LogP contribution in [-0.4, -0.2) is 24.7 Å². The van der Waals surface area contributed by atoms with Crippen LogP contribution in [0.25, 0.3) is 0 Å². The highest BCUT2D eigenvalue weighted by molar-refractivity contribution is 5.25.